The van der Waals surface area contributed by atoms with Crippen LogP contribution in [0.2, 0.25) is 0 Å². The average molecular weight is 527 g/mol. The second kappa shape index (κ2) is 8.78. The van der Waals surface area contributed by atoms with Crippen LogP contribution >= 0.6 is 0 Å². The molecule has 2 spiro atoms. The van der Waals surface area contributed by atoms with E-state index in [1.165, 1.54) is 6.92 Å². The molecule has 5 aliphatic rings. The first-order valence-electron chi connectivity index (χ1n) is 14.6. The maximum Gasteiger partial charge on any atom is 0.330 e. The van der Waals surface area contributed by atoms with E-state index in [1.807, 2.05) is 27.7 Å². The molecule has 38 heavy (non-hydrogen) atoms. The number of rotatable bonds is 6. The molecule has 4 saturated carbocycles. The lowest BCUT2D eigenvalue weighted by atomic mass is 9.44. The van der Waals surface area contributed by atoms with E-state index in [2.05, 4.69) is 26.5 Å². The summed E-state index contributed by atoms with van der Waals surface area (Å²) in [7, 11) is 0. The molecule has 6 heteroatoms. The summed E-state index contributed by atoms with van der Waals surface area (Å²) in [6.45, 7) is 17.9. The lowest BCUT2D eigenvalue weighted by molar-refractivity contribution is -0.155. The number of hydrogen-bond acceptors (Lipinski definition) is 6. The van der Waals surface area contributed by atoms with Crippen LogP contribution in [0.3, 0.4) is 0 Å². The summed E-state index contributed by atoms with van der Waals surface area (Å²) in [5.41, 5.74) is 0.182. The third-order valence-corrected chi connectivity index (χ3v) is 12.5. The first-order chi connectivity index (χ1) is 17.6. The topological polar surface area (TPSA) is 89.9 Å². The predicted molar refractivity (Wildman–Crippen MR) is 144 cm³/mol. The van der Waals surface area contributed by atoms with Crippen molar-refractivity contribution < 1.29 is 29.0 Å². The van der Waals surface area contributed by atoms with Crippen molar-refractivity contribution in [2.45, 2.75) is 105 Å². The number of aliphatic hydroxyl groups is 1. The SMILES string of the molecule is C=C(C(=O)[C@H](O)[C@@H](C)[C@H]1[C@@H](OC(C)=O)C[C@@]2(C)[C@@H]3CC[C@H]4[C@H](C)OC(=O)C=C[C@@]45C[C@@]35CC[C@]12C)C(C)C. The summed E-state index contributed by atoms with van der Waals surface area (Å²) in [6.07, 6.45) is 8.03. The molecule has 0 aromatic rings. The van der Waals surface area contributed by atoms with Crippen LogP contribution < -0.4 is 0 Å². The van der Waals surface area contributed by atoms with Crippen molar-refractivity contribution in [3.8, 4) is 0 Å². The first kappa shape index (κ1) is 27.6. The molecule has 0 amide bonds. The second-order valence-corrected chi connectivity index (χ2v) is 14.1. The average Bonchev–Trinajstić information content (AvgIpc) is 3.48. The first-order valence-corrected chi connectivity index (χ1v) is 14.6. The van der Waals surface area contributed by atoms with Gasteiger partial charge in [-0.1, -0.05) is 47.3 Å². The highest BCUT2D eigenvalue weighted by molar-refractivity contribution is 5.98. The van der Waals surface area contributed by atoms with E-state index in [0.717, 1.165) is 38.5 Å². The highest BCUT2D eigenvalue weighted by Crippen LogP contribution is 2.86. The Bertz CT molecular complexity index is 1090. The smallest absolute Gasteiger partial charge is 0.330 e. The van der Waals surface area contributed by atoms with Gasteiger partial charge in [0.1, 0.15) is 18.3 Å². The van der Waals surface area contributed by atoms with Crippen LogP contribution in [0, 0.1) is 51.2 Å². The van der Waals surface area contributed by atoms with Crippen LogP contribution in [0.4, 0.5) is 0 Å². The second-order valence-electron chi connectivity index (χ2n) is 14.1. The Balaban J connectivity index is 1.52. The molecule has 0 aromatic carbocycles. The molecular weight excluding hydrogens is 480 g/mol. The summed E-state index contributed by atoms with van der Waals surface area (Å²) in [5.74, 6) is -0.687. The zero-order valence-corrected chi connectivity index (χ0v) is 24.2. The zero-order valence-electron chi connectivity index (χ0n) is 24.2. The predicted octanol–water partition coefficient (Wildman–Crippen LogP) is 5.43. The normalized spacial score (nSPS) is 46.4. The number of ether oxygens (including phenoxy) is 2. The molecule has 0 aromatic heterocycles. The van der Waals surface area contributed by atoms with Gasteiger partial charge in [0.25, 0.3) is 0 Å². The molecule has 1 aliphatic heterocycles. The maximum atomic E-state index is 13.2. The molecule has 0 bridgehead atoms. The minimum absolute atomic E-state index is 0.0169. The number of cyclic esters (lactones) is 1. The molecule has 0 unspecified atom stereocenters. The van der Waals surface area contributed by atoms with E-state index in [1.54, 1.807) is 6.08 Å². The number of allylic oxidation sites excluding steroid dienone is 1. The van der Waals surface area contributed by atoms with Crippen LogP contribution in [-0.4, -0.2) is 41.1 Å². The van der Waals surface area contributed by atoms with Gasteiger partial charge in [-0.2, -0.15) is 0 Å². The van der Waals surface area contributed by atoms with Crippen LogP contribution in [0.5, 0.6) is 0 Å². The highest BCUT2D eigenvalue weighted by atomic mass is 16.5. The quantitative estimate of drug-likeness (QED) is 0.367. The Morgan fingerprint density at radius 2 is 1.84 bits per heavy atom. The molecular formula is C32H46O6. The van der Waals surface area contributed by atoms with Gasteiger partial charge >= 0.3 is 11.9 Å². The van der Waals surface area contributed by atoms with E-state index in [-0.39, 0.29) is 69.3 Å². The van der Waals surface area contributed by atoms with Gasteiger partial charge in [-0.05, 0) is 85.0 Å². The molecule has 1 heterocycles. The van der Waals surface area contributed by atoms with Crippen molar-refractivity contribution in [2.75, 3.05) is 0 Å². The monoisotopic (exact) mass is 526 g/mol. The molecule has 6 nitrogen and oxygen atoms in total. The lowest BCUT2D eigenvalue weighted by Gasteiger charge is -2.60. The molecule has 210 valence electrons. The van der Waals surface area contributed by atoms with Crippen molar-refractivity contribution >= 4 is 17.7 Å². The van der Waals surface area contributed by atoms with Crippen molar-refractivity contribution in [1.82, 2.24) is 0 Å². The minimum Gasteiger partial charge on any atom is -0.462 e. The molecule has 4 fully saturated rings. The van der Waals surface area contributed by atoms with Gasteiger partial charge in [-0.25, -0.2) is 4.79 Å². The van der Waals surface area contributed by atoms with Crippen LogP contribution in [-0.2, 0) is 23.9 Å². The van der Waals surface area contributed by atoms with Gasteiger partial charge < -0.3 is 14.6 Å². The maximum absolute atomic E-state index is 13.2. The summed E-state index contributed by atoms with van der Waals surface area (Å²) in [4.78, 5) is 37.8. The van der Waals surface area contributed by atoms with Gasteiger partial charge in [-0.15, -0.1) is 0 Å². The highest BCUT2D eigenvalue weighted by Gasteiger charge is 2.81. The van der Waals surface area contributed by atoms with E-state index < -0.39 is 6.10 Å². The Morgan fingerprint density at radius 3 is 2.47 bits per heavy atom. The fourth-order valence-corrected chi connectivity index (χ4v) is 10.5. The Morgan fingerprint density at radius 1 is 1.16 bits per heavy atom. The summed E-state index contributed by atoms with van der Waals surface area (Å²) in [6, 6.07) is 0. The van der Waals surface area contributed by atoms with Crippen molar-refractivity contribution in [2.24, 2.45) is 51.2 Å². The van der Waals surface area contributed by atoms with Crippen LogP contribution in [0.15, 0.2) is 24.3 Å². The fraction of sp³-hybridized carbons (Fsp3) is 0.781. The molecule has 4 aliphatic carbocycles. The summed E-state index contributed by atoms with van der Waals surface area (Å²) < 4.78 is 11.7. The van der Waals surface area contributed by atoms with Gasteiger partial charge in [-0.3, -0.25) is 9.59 Å². The number of esters is 2. The Labute approximate surface area is 227 Å². The Kier molecular flexibility index (Phi) is 6.38. The number of Topliss-reactive ketones (excluding diaryl/α,β-unsaturated/α-hetero) is 1. The molecule has 5 rings (SSSR count). The fourth-order valence-electron chi connectivity index (χ4n) is 10.5. The van der Waals surface area contributed by atoms with E-state index >= 15 is 0 Å². The summed E-state index contributed by atoms with van der Waals surface area (Å²) in [5, 5.41) is 11.3. The summed E-state index contributed by atoms with van der Waals surface area (Å²) >= 11 is 0. The van der Waals surface area contributed by atoms with Crippen molar-refractivity contribution in [3.05, 3.63) is 24.3 Å². The number of hydrogen-bond donors (Lipinski definition) is 1. The van der Waals surface area contributed by atoms with Crippen LogP contribution in [0.1, 0.15) is 87.0 Å². The minimum atomic E-state index is -1.18. The van der Waals surface area contributed by atoms with Crippen molar-refractivity contribution in [3.63, 3.8) is 0 Å². The third-order valence-electron chi connectivity index (χ3n) is 12.5. The number of carbonyl (C=O) groups excluding carboxylic acids is 3. The lowest BCUT2D eigenvalue weighted by Crippen LogP contribution is -2.55. The van der Waals surface area contributed by atoms with Crippen LogP contribution in [0.25, 0.3) is 0 Å². The number of carbonyl (C=O) groups is 3. The largest absolute Gasteiger partial charge is 0.462 e. The van der Waals surface area contributed by atoms with Gasteiger partial charge in [0, 0.05) is 30.3 Å². The number of aliphatic hydroxyl groups excluding tert-OH is 1. The van der Waals surface area contributed by atoms with Gasteiger partial charge in [0.05, 0.1) is 0 Å². The van der Waals surface area contributed by atoms with Gasteiger partial charge in [0.15, 0.2) is 5.78 Å². The van der Waals surface area contributed by atoms with E-state index in [4.69, 9.17) is 9.47 Å². The zero-order chi connectivity index (χ0) is 28.0. The molecule has 0 saturated heterocycles. The standard InChI is InChI=1S/C32H46O6/c1-17(2)18(3)27(35)28(36)19(4)26-23(38-21(6)33)15-30(8)24-10-9-22-20(5)37-25(34)11-12-31(22)16-32(24,31)14-13-29(26,30)7/h11-12,17,19-20,22-24,26,28,36H,3,9-10,13-16H2,1-2,4-8H3/t19-,20-,22-,23-,24-,26-,28+,29+,30-,31+,32-/m0/s1. The third kappa shape index (κ3) is 3.50. The molecule has 11 atom stereocenters. The molecule has 1 N–H and O–H groups in total. The van der Waals surface area contributed by atoms with Crippen molar-refractivity contribution in [1.29, 1.82) is 0 Å². The number of ketones is 1. The van der Waals surface area contributed by atoms with Gasteiger partial charge in [0.2, 0.25) is 0 Å². The number of fused-ring (bicyclic) bond motifs is 2. The van der Waals surface area contributed by atoms with E-state index in [9.17, 15) is 19.5 Å². The van der Waals surface area contributed by atoms with E-state index in [0.29, 0.717) is 17.4 Å². The molecule has 0 radical (unpaired) electrons. The Hall–Kier alpha value is -1.95.